The van der Waals surface area contributed by atoms with E-state index in [-0.39, 0.29) is 17.6 Å². The summed E-state index contributed by atoms with van der Waals surface area (Å²) in [5.74, 6) is 2.77. The molecule has 0 radical (unpaired) electrons. The molecule has 5 rings (SSSR count). The maximum Gasteiger partial charge on any atom is 0.269 e. The number of nitro benzene ring substituents is 1. The lowest BCUT2D eigenvalue weighted by Gasteiger charge is -2.57. The minimum atomic E-state index is -0.671. The fourth-order valence-corrected chi connectivity index (χ4v) is 5.85. The number of amides is 1. The summed E-state index contributed by atoms with van der Waals surface area (Å²) in [6.07, 6.45) is 6.23. The summed E-state index contributed by atoms with van der Waals surface area (Å²) in [7, 11) is 0. The van der Waals surface area contributed by atoms with Crippen LogP contribution in [0.4, 0.5) is 11.4 Å². The Morgan fingerprint density at radius 3 is 2.07 bits per heavy atom. The van der Waals surface area contributed by atoms with Crippen LogP contribution in [0.25, 0.3) is 0 Å². The van der Waals surface area contributed by atoms with Crippen molar-refractivity contribution >= 4 is 33.2 Å². The second kappa shape index (κ2) is 6.76. The highest BCUT2D eigenvalue weighted by atomic mass is 79.9. The number of rotatable bonds is 5. The van der Waals surface area contributed by atoms with Crippen LogP contribution in [0.5, 0.6) is 0 Å². The molecule has 1 N–H and O–H groups in total. The van der Waals surface area contributed by atoms with Gasteiger partial charge in [0.25, 0.3) is 11.6 Å². The SMILES string of the molecule is CC(C)(Br)C(=O)N(Nc1ccc([N+](=O)[O-])cc1)C1C2CC3CC(C2)CC1C3. The van der Waals surface area contributed by atoms with Gasteiger partial charge in [0.2, 0.25) is 0 Å². The van der Waals surface area contributed by atoms with Gasteiger partial charge in [-0.1, -0.05) is 15.9 Å². The first-order valence-electron chi connectivity index (χ1n) is 9.76. The summed E-state index contributed by atoms with van der Waals surface area (Å²) in [6, 6.07) is 6.49. The number of alkyl halides is 1. The molecule has 4 aliphatic rings. The van der Waals surface area contributed by atoms with E-state index in [4.69, 9.17) is 0 Å². The molecule has 4 bridgehead atoms. The molecule has 146 valence electrons. The Bertz CT molecular complexity index is 716. The van der Waals surface area contributed by atoms with Gasteiger partial charge >= 0.3 is 0 Å². The molecule has 1 aromatic carbocycles. The molecule has 7 heteroatoms. The van der Waals surface area contributed by atoms with Crippen LogP contribution in [0, 0.1) is 33.8 Å². The van der Waals surface area contributed by atoms with Gasteiger partial charge in [0.1, 0.15) is 4.32 Å². The van der Waals surface area contributed by atoms with Crippen molar-refractivity contribution in [2.75, 3.05) is 5.43 Å². The molecular formula is C20H26BrN3O3. The van der Waals surface area contributed by atoms with Crippen molar-refractivity contribution in [3.05, 3.63) is 34.4 Å². The number of carbonyl (C=O) groups excluding carboxylic acids is 1. The fourth-order valence-electron chi connectivity index (χ4n) is 5.66. The normalized spacial score (nSPS) is 31.6. The fraction of sp³-hybridized carbons (Fsp3) is 0.650. The van der Waals surface area contributed by atoms with E-state index in [1.54, 1.807) is 12.1 Å². The number of nitrogens with zero attached hydrogens (tertiary/aromatic N) is 2. The Labute approximate surface area is 167 Å². The maximum atomic E-state index is 13.3. The zero-order valence-electron chi connectivity index (χ0n) is 15.7. The number of non-ortho nitro benzene ring substituents is 1. The van der Waals surface area contributed by atoms with Crippen LogP contribution in [0.1, 0.15) is 46.0 Å². The zero-order valence-corrected chi connectivity index (χ0v) is 17.3. The smallest absolute Gasteiger partial charge is 0.269 e. The molecule has 1 amide bonds. The molecule has 0 heterocycles. The Morgan fingerprint density at radius 2 is 1.63 bits per heavy atom. The Balaban J connectivity index is 1.61. The lowest BCUT2D eigenvalue weighted by molar-refractivity contribution is -0.384. The first kappa shape index (κ1) is 18.7. The molecule has 0 atom stereocenters. The topological polar surface area (TPSA) is 75.5 Å². The third-order valence-electron chi connectivity index (χ3n) is 6.53. The summed E-state index contributed by atoms with van der Waals surface area (Å²) in [6.45, 7) is 3.74. The van der Waals surface area contributed by atoms with Gasteiger partial charge in [0.05, 0.1) is 16.7 Å². The first-order valence-corrected chi connectivity index (χ1v) is 10.6. The number of benzene rings is 1. The van der Waals surface area contributed by atoms with Crippen LogP contribution in [0.2, 0.25) is 0 Å². The van der Waals surface area contributed by atoms with E-state index in [0.29, 0.717) is 17.5 Å². The van der Waals surface area contributed by atoms with E-state index in [0.717, 1.165) is 11.8 Å². The van der Waals surface area contributed by atoms with E-state index in [1.807, 2.05) is 18.9 Å². The van der Waals surface area contributed by atoms with E-state index < -0.39 is 9.25 Å². The van der Waals surface area contributed by atoms with E-state index in [2.05, 4.69) is 21.4 Å². The van der Waals surface area contributed by atoms with Gasteiger partial charge in [-0.25, -0.2) is 0 Å². The van der Waals surface area contributed by atoms with Crippen LogP contribution < -0.4 is 5.43 Å². The van der Waals surface area contributed by atoms with Gasteiger partial charge in [-0.2, -0.15) is 0 Å². The van der Waals surface area contributed by atoms with Crippen molar-refractivity contribution in [2.24, 2.45) is 23.7 Å². The summed E-state index contributed by atoms with van der Waals surface area (Å²) in [5.41, 5.74) is 4.07. The van der Waals surface area contributed by atoms with Gasteiger partial charge in [0.15, 0.2) is 0 Å². The van der Waals surface area contributed by atoms with Gasteiger partial charge in [-0.3, -0.25) is 25.3 Å². The summed E-state index contributed by atoms with van der Waals surface area (Å²) < 4.78 is -0.671. The zero-order chi connectivity index (χ0) is 19.3. The minimum absolute atomic E-state index is 0.0123. The number of nitro groups is 1. The lowest BCUT2D eigenvalue weighted by Crippen LogP contribution is -2.61. The molecule has 4 fully saturated rings. The number of hydrogen-bond donors (Lipinski definition) is 1. The number of nitrogens with one attached hydrogen (secondary N) is 1. The second-order valence-electron chi connectivity index (χ2n) is 8.98. The van der Waals surface area contributed by atoms with Crippen LogP contribution in [-0.2, 0) is 4.79 Å². The molecule has 6 nitrogen and oxygen atoms in total. The highest BCUT2D eigenvalue weighted by molar-refractivity contribution is 9.10. The van der Waals surface area contributed by atoms with E-state index in [9.17, 15) is 14.9 Å². The number of hydrazine groups is 1. The molecule has 0 saturated heterocycles. The molecular weight excluding hydrogens is 410 g/mol. The van der Waals surface area contributed by atoms with Gasteiger partial charge in [0, 0.05) is 12.1 Å². The first-order chi connectivity index (χ1) is 12.7. The number of hydrogen-bond acceptors (Lipinski definition) is 4. The van der Waals surface area contributed by atoms with Crippen molar-refractivity contribution in [1.82, 2.24) is 5.01 Å². The lowest BCUT2D eigenvalue weighted by atomic mass is 9.54. The van der Waals surface area contributed by atoms with Crippen LogP contribution in [-0.4, -0.2) is 26.2 Å². The van der Waals surface area contributed by atoms with Gasteiger partial charge < -0.3 is 0 Å². The molecule has 0 aliphatic heterocycles. The van der Waals surface area contributed by atoms with E-state index >= 15 is 0 Å². The molecule has 1 aromatic rings. The van der Waals surface area contributed by atoms with Crippen LogP contribution in [0.15, 0.2) is 24.3 Å². The molecule has 4 aliphatic carbocycles. The summed E-state index contributed by atoms with van der Waals surface area (Å²) in [5, 5.41) is 12.7. The third kappa shape index (κ3) is 3.58. The highest BCUT2D eigenvalue weighted by Crippen LogP contribution is 2.55. The van der Waals surface area contributed by atoms with Crippen LogP contribution >= 0.6 is 15.9 Å². The predicted octanol–water partition coefficient (Wildman–Crippen LogP) is 4.75. The van der Waals surface area contributed by atoms with Crippen LogP contribution in [0.3, 0.4) is 0 Å². The summed E-state index contributed by atoms with van der Waals surface area (Å²) >= 11 is 3.54. The van der Waals surface area contributed by atoms with Gasteiger partial charge in [-0.15, -0.1) is 0 Å². The largest absolute Gasteiger partial charge is 0.296 e. The molecule has 0 spiro atoms. The Hall–Kier alpha value is -1.63. The number of carbonyl (C=O) groups is 1. The quantitative estimate of drug-likeness (QED) is 0.411. The summed E-state index contributed by atoms with van der Waals surface area (Å²) in [4.78, 5) is 23.8. The second-order valence-corrected chi connectivity index (χ2v) is 11.0. The number of anilines is 1. The van der Waals surface area contributed by atoms with Gasteiger partial charge in [-0.05, 0) is 81.8 Å². The standard InChI is InChI=1S/C20H26BrN3O3/c1-20(2,21)19(25)23(22-16-3-5-17(6-4-16)24(26)27)18-14-8-12-7-13(10-14)11-15(18)9-12/h3-6,12-15,18,22H,7-11H2,1-2H3. The van der Waals surface area contributed by atoms with Crippen molar-refractivity contribution in [2.45, 2.75) is 56.3 Å². The highest BCUT2D eigenvalue weighted by Gasteiger charge is 2.52. The predicted molar refractivity (Wildman–Crippen MR) is 107 cm³/mol. The molecule has 0 unspecified atom stereocenters. The molecule has 27 heavy (non-hydrogen) atoms. The van der Waals surface area contributed by atoms with E-state index in [1.165, 1.54) is 44.2 Å². The van der Waals surface area contributed by atoms with Crippen molar-refractivity contribution in [3.63, 3.8) is 0 Å². The molecule has 0 aromatic heterocycles. The average molecular weight is 436 g/mol. The average Bonchev–Trinajstić information content (AvgIpc) is 2.59. The maximum absolute atomic E-state index is 13.3. The Kier molecular flexibility index (Phi) is 4.69. The van der Waals surface area contributed by atoms with Crippen molar-refractivity contribution < 1.29 is 9.72 Å². The molecule has 4 saturated carbocycles. The minimum Gasteiger partial charge on any atom is -0.296 e. The monoisotopic (exact) mass is 435 g/mol. The third-order valence-corrected chi connectivity index (χ3v) is 6.87. The van der Waals surface area contributed by atoms with Crippen molar-refractivity contribution in [3.8, 4) is 0 Å². The Morgan fingerprint density at radius 1 is 1.11 bits per heavy atom. The van der Waals surface area contributed by atoms with Crippen molar-refractivity contribution in [1.29, 1.82) is 0 Å². The number of halogens is 1.